The molecule has 11 heteroatoms. The summed E-state index contributed by atoms with van der Waals surface area (Å²) in [5.41, 5.74) is 8.59. The first-order chi connectivity index (χ1) is 14.5. The normalized spacial score (nSPS) is 12.1. The summed E-state index contributed by atoms with van der Waals surface area (Å²) in [6.07, 6.45) is -4.44. The number of nitrogens with one attached hydrogen (secondary N) is 1. The molecule has 0 saturated carbocycles. The topological polar surface area (TPSA) is 105 Å². The lowest BCUT2D eigenvalue weighted by Crippen LogP contribution is -2.20. The van der Waals surface area contributed by atoms with Crippen molar-refractivity contribution in [3.05, 3.63) is 62.2 Å². The van der Waals surface area contributed by atoms with Gasteiger partial charge in [0, 0.05) is 10.8 Å². The van der Waals surface area contributed by atoms with Crippen LogP contribution < -0.4 is 11.2 Å². The van der Waals surface area contributed by atoms with E-state index >= 15 is 0 Å². The number of nitrogens with two attached hydrogens (primary N) is 1. The minimum atomic E-state index is -4.44. The molecule has 0 spiro atoms. The number of carbonyl (C=O) groups excluding carboxylic acids is 2. The maximum atomic E-state index is 12.7. The molecule has 0 aliphatic heterocycles. The zero-order valence-electron chi connectivity index (χ0n) is 16.2. The number of hydrazone groups is 1. The van der Waals surface area contributed by atoms with Crippen LogP contribution in [0.2, 0.25) is 0 Å². The molecule has 6 nitrogen and oxygen atoms in total. The van der Waals surface area contributed by atoms with E-state index in [9.17, 15) is 27.9 Å². The molecule has 162 valence electrons. The Kier molecular flexibility index (Phi) is 6.18. The first kappa shape index (κ1) is 22.5. The maximum absolute atomic E-state index is 12.7. The van der Waals surface area contributed by atoms with Crippen molar-refractivity contribution in [2.75, 3.05) is 0 Å². The monoisotopic (exact) mass is 467 g/mol. The Morgan fingerprint density at radius 3 is 2.26 bits per heavy atom. The molecule has 0 fully saturated rings. The maximum Gasteiger partial charge on any atom is 0.416 e. The number of thiophene rings is 2. The highest BCUT2D eigenvalue weighted by Crippen LogP contribution is 2.40. The van der Waals surface area contributed by atoms with Crippen molar-refractivity contribution in [1.29, 1.82) is 0 Å². The van der Waals surface area contributed by atoms with Gasteiger partial charge < -0.3 is 10.8 Å². The summed E-state index contributed by atoms with van der Waals surface area (Å²) in [5.74, 6) is -1.32. The van der Waals surface area contributed by atoms with E-state index in [2.05, 4.69) is 10.5 Å². The molecule has 0 saturated heterocycles. The fourth-order valence-electron chi connectivity index (χ4n) is 2.76. The molecule has 0 aliphatic rings. The van der Waals surface area contributed by atoms with Gasteiger partial charge in [-0.25, -0.2) is 5.43 Å². The van der Waals surface area contributed by atoms with Crippen LogP contribution in [0.4, 0.5) is 13.2 Å². The molecule has 1 aromatic carbocycles. The summed E-state index contributed by atoms with van der Waals surface area (Å²) < 4.78 is 38.2. The number of aromatic hydroxyl groups is 1. The molecule has 0 atom stereocenters. The van der Waals surface area contributed by atoms with E-state index in [1.807, 2.05) is 0 Å². The lowest BCUT2D eigenvalue weighted by atomic mass is 10.1. The molecule has 3 rings (SSSR count). The molecule has 0 bridgehead atoms. The van der Waals surface area contributed by atoms with Crippen LogP contribution in [0.3, 0.4) is 0 Å². The molecular formula is C20H16F3N3O3S2. The van der Waals surface area contributed by atoms with Crippen molar-refractivity contribution in [2.45, 2.75) is 20.0 Å². The predicted octanol–water partition coefficient (Wildman–Crippen LogP) is 4.76. The second-order valence-corrected chi connectivity index (χ2v) is 8.27. The molecule has 31 heavy (non-hydrogen) atoms. The second kappa shape index (κ2) is 8.52. The number of amides is 2. The van der Waals surface area contributed by atoms with Crippen molar-refractivity contribution in [3.63, 3.8) is 0 Å². The number of nitrogens with zero attached hydrogens (tertiary/aromatic N) is 1. The van der Waals surface area contributed by atoms with Gasteiger partial charge in [0.2, 0.25) is 0 Å². The van der Waals surface area contributed by atoms with E-state index in [-0.39, 0.29) is 16.2 Å². The van der Waals surface area contributed by atoms with E-state index < -0.39 is 23.6 Å². The Morgan fingerprint density at radius 1 is 1.10 bits per heavy atom. The van der Waals surface area contributed by atoms with Gasteiger partial charge in [-0.2, -0.15) is 18.3 Å². The van der Waals surface area contributed by atoms with Crippen molar-refractivity contribution < 1.29 is 27.9 Å². The number of hydrogen-bond acceptors (Lipinski definition) is 6. The van der Waals surface area contributed by atoms with Crippen LogP contribution in [-0.2, 0) is 6.18 Å². The van der Waals surface area contributed by atoms with Gasteiger partial charge in [0.25, 0.3) is 11.8 Å². The highest BCUT2D eigenvalue weighted by atomic mass is 32.1. The average molecular weight is 467 g/mol. The molecule has 2 heterocycles. The molecule has 2 amide bonds. The van der Waals surface area contributed by atoms with Gasteiger partial charge in [0.1, 0.15) is 5.75 Å². The summed E-state index contributed by atoms with van der Waals surface area (Å²) in [7, 11) is 0. The van der Waals surface area contributed by atoms with Crippen LogP contribution in [0.15, 0.2) is 40.1 Å². The second-order valence-electron chi connectivity index (χ2n) is 6.51. The molecule has 0 aliphatic carbocycles. The summed E-state index contributed by atoms with van der Waals surface area (Å²) in [5, 5.41) is 17.6. The molecule has 4 N–H and O–H groups in total. The Balaban J connectivity index is 1.79. The van der Waals surface area contributed by atoms with Gasteiger partial charge in [-0.3, -0.25) is 9.59 Å². The van der Waals surface area contributed by atoms with E-state index in [1.165, 1.54) is 17.5 Å². The van der Waals surface area contributed by atoms with Crippen LogP contribution >= 0.6 is 22.7 Å². The lowest BCUT2D eigenvalue weighted by molar-refractivity contribution is -0.137. The zero-order valence-corrected chi connectivity index (χ0v) is 17.8. The fraction of sp³-hybridized carbons (Fsp3) is 0.150. The van der Waals surface area contributed by atoms with Crippen molar-refractivity contribution >= 4 is 40.2 Å². The molecule has 0 unspecified atom stereocenters. The van der Waals surface area contributed by atoms with Crippen LogP contribution in [0, 0.1) is 6.92 Å². The minimum Gasteiger partial charge on any atom is -0.506 e. The van der Waals surface area contributed by atoms with E-state index in [0.717, 1.165) is 34.8 Å². The Hall–Kier alpha value is -3.18. The fourth-order valence-corrected chi connectivity index (χ4v) is 4.70. The number of hydrogen-bond donors (Lipinski definition) is 3. The third kappa shape index (κ3) is 4.62. The number of alkyl halides is 3. The summed E-state index contributed by atoms with van der Waals surface area (Å²) in [4.78, 5) is 24.3. The number of carbonyl (C=O) groups is 2. The molecule has 0 radical (unpaired) electrons. The van der Waals surface area contributed by atoms with Gasteiger partial charge in [-0.05, 0) is 37.1 Å². The van der Waals surface area contributed by atoms with Crippen LogP contribution in [0.5, 0.6) is 5.75 Å². The van der Waals surface area contributed by atoms with Crippen molar-refractivity contribution in [2.24, 2.45) is 10.8 Å². The number of halogens is 3. The van der Waals surface area contributed by atoms with Crippen molar-refractivity contribution in [3.8, 4) is 16.2 Å². The Labute approximate surface area is 182 Å². The first-order valence-electron chi connectivity index (χ1n) is 8.71. The highest BCUT2D eigenvalue weighted by Gasteiger charge is 2.30. The predicted molar refractivity (Wildman–Crippen MR) is 114 cm³/mol. The Bertz CT molecular complexity index is 1180. The highest BCUT2D eigenvalue weighted by molar-refractivity contribution is 7.14. The zero-order chi connectivity index (χ0) is 22.9. The van der Waals surface area contributed by atoms with Crippen LogP contribution in [0.1, 0.15) is 43.6 Å². The van der Waals surface area contributed by atoms with E-state index in [4.69, 9.17) is 5.73 Å². The lowest BCUT2D eigenvalue weighted by Gasteiger charge is -2.07. The summed E-state index contributed by atoms with van der Waals surface area (Å²) in [6.45, 7) is 3.16. The standard InChI is InChI=1S/C20H16F3N3O3S2/c1-9-13(7-30-16(9)18(24)28)19(29)26-25-10(2)14-8-31-17(15(14)27)11-3-5-12(6-4-11)20(21,22)23/h3-8,27H,1-2H3,(H2,24,28)(H,26,29). The Morgan fingerprint density at radius 2 is 1.71 bits per heavy atom. The first-order valence-corrected chi connectivity index (χ1v) is 10.5. The van der Waals surface area contributed by atoms with E-state index in [1.54, 1.807) is 19.2 Å². The van der Waals surface area contributed by atoms with E-state index in [0.29, 0.717) is 27.3 Å². The number of rotatable bonds is 5. The quantitative estimate of drug-likeness (QED) is 0.372. The van der Waals surface area contributed by atoms with Gasteiger partial charge in [0.15, 0.2) is 0 Å². The van der Waals surface area contributed by atoms with Gasteiger partial charge >= 0.3 is 6.18 Å². The summed E-state index contributed by atoms with van der Waals surface area (Å²) in [6, 6.07) is 4.45. The van der Waals surface area contributed by atoms with Crippen LogP contribution in [0.25, 0.3) is 10.4 Å². The largest absolute Gasteiger partial charge is 0.506 e. The van der Waals surface area contributed by atoms with Crippen molar-refractivity contribution in [1.82, 2.24) is 5.43 Å². The number of benzene rings is 1. The molecular weight excluding hydrogens is 451 g/mol. The average Bonchev–Trinajstić information content (AvgIpc) is 3.28. The number of primary amides is 1. The van der Waals surface area contributed by atoms with Crippen LogP contribution in [-0.4, -0.2) is 22.6 Å². The molecule has 3 aromatic rings. The smallest absolute Gasteiger partial charge is 0.416 e. The minimum absolute atomic E-state index is 0.150. The van der Waals surface area contributed by atoms with Gasteiger partial charge in [-0.15, -0.1) is 22.7 Å². The SMILES string of the molecule is CC(=NNC(=O)c1csc(C(N)=O)c1C)c1csc(-c2ccc(C(F)(F)F)cc2)c1O. The molecule has 2 aromatic heterocycles. The third-order valence-corrected chi connectivity index (χ3v) is 6.58. The van der Waals surface area contributed by atoms with Gasteiger partial charge in [-0.1, -0.05) is 12.1 Å². The summed E-state index contributed by atoms with van der Waals surface area (Å²) >= 11 is 2.19. The van der Waals surface area contributed by atoms with Gasteiger partial charge in [0.05, 0.1) is 32.2 Å². The third-order valence-electron chi connectivity index (χ3n) is 4.46.